The van der Waals surface area contributed by atoms with Crippen LogP contribution >= 0.6 is 0 Å². The van der Waals surface area contributed by atoms with Gasteiger partial charge in [0.1, 0.15) is 0 Å². The molecule has 1 N–H and O–H groups in total. The molecule has 0 aromatic rings. The zero-order valence-corrected chi connectivity index (χ0v) is 36.3. The number of carbonyl (C=O) groups excluding carboxylic acids is 2. The smallest absolute Gasteiger partial charge is 0.249 e. The van der Waals surface area contributed by atoms with Gasteiger partial charge in [-0.15, -0.1) is 0 Å². The van der Waals surface area contributed by atoms with E-state index in [0.717, 1.165) is 64.2 Å². The van der Waals surface area contributed by atoms with Crippen molar-refractivity contribution in [2.45, 2.75) is 290 Å². The first-order chi connectivity index (χ1) is 25.5. The summed E-state index contributed by atoms with van der Waals surface area (Å²) in [7, 11) is 0. The minimum Gasteiger partial charge on any atom is -0.290 e. The van der Waals surface area contributed by atoms with Gasteiger partial charge >= 0.3 is 0 Å². The van der Waals surface area contributed by atoms with Gasteiger partial charge in [-0.2, -0.15) is 0 Å². The van der Waals surface area contributed by atoms with Crippen molar-refractivity contribution in [1.29, 1.82) is 0 Å². The summed E-state index contributed by atoms with van der Waals surface area (Å²) in [6.45, 7) is 12.0. The molecule has 1 aliphatic rings. The summed E-state index contributed by atoms with van der Waals surface area (Å²) in [5, 5.41) is 4.13. The molecule has 0 bridgehead atoms. The lowest BCUT2D eigenvalue weighted by atomic mass is 9.74. The van der Waals surface area contributed by atoms with Gasteiger partial charge in [0.2, 0.25) is 11.8 Å². The first-order valence-electron chi connectivity index (χ1n) is 24.1. The number of nitrogens with zero attached hydrogens (tertiary/aromatic N) is 1. The van der Waals surface area contributed by atoms with Crippen LogP contribution in [0.4, 0.5) is 0 Å². The SMILES string of the molecule is CCCCCCCCCC1(CCCCCCCCC)NC(CCCCCCCCC)(CCCCCCCCC)C(=O)N(CCCCCCCC)C1=O. The molecule has 1 fully saturated rings. The number of amides is 2. The highest BCUT2D eigenvalue weighted by atomic mass is 16.2. The molecular weight excluding hydrogens is 637 g/mol. The number of imide groups is 1. The number of piperazine rings is 1. The second-order valence-electron chi connectivity index (χ2n) is 17.3. The molecule has 0 unspecified atom stereocenters. The highest BCUT2D eigenvalue weighted by Gasteiger charge is 2.56. The Morgan fingerprint density at radius 2 is 0.538 bits per heavy atom. The molecule has 308 valence electrons. The topological polar surface area (TPSA) is 49.4 Å². The molecule has 0 saturated carbocycles. The normalized spacial score (nSPS) is 15.6. The van der Waals surface area contributed by atoms with Crippen LogP contribution in [0, 0.1) is 0 Å². The van der Waals surface area contributed by atoms with Gasteiger partial charge in [-0.05, 0) is 32.1 Å². The summed E-state index contributed by atoms with van der Waals surface area (Å²) >= 11 is 0. The van der Waals surface area contributed by atoms with E-state index in [1.807, 2.05) is 4.90 Å². The molecule has 1 aliphatic heterocycles. The number of hydrogen-bond acceptors (Lipinski definition) is 3. The van der Waals surface area contributed by atoms with E-state index in [0.29, 0.717) is 6.54 Å². The van der Waals surface area contributed by atoms with Crippen molar-refractivity contribution in [3.63, 3.8) is 0 Å². The van der Waals surface area contributed by atoms with Gasteiger partial charge in [-0.25, -0.2) is 0 Å². The van der Waals surface area contributed by atoms with Crippen LogP contribution in [-0.2, 0) is 9.59 Å². The molecule has 0 aromatic heterocycles. The molecule has 0 atom stereocenters. The maximum atomic E-state index is 14.9. The van der Waals surface area contributed by atoms with E-state index in [4.69, 9.17) is 0 Å². The van der Waals surface area contributed by atoms with E-state index in [9.17, 15) is 9.59 Å². The summed E-state index contributed by atoms with van der Waals surface area (Å²) in [6.07, 6.45) is 45.9. The molecular formula is C48H94N2O2. The zero-order valence-electron chi connectivity index (χ0n) is 36.3. The lowest BCUT2D eigenvalue weighted by Gasteiger charge is -2.52. The standard InChI is InChI=1S/C48H94N2O2/c1-6-11-16-21-26-30-35-40-47(41-36-31-27-22-17-12-7-2)45(51)50(44-39-34-25-20-15-10-5)46(52)48(49-47,42-37-32-28-23-18-13-8-3)43-38-33-29-24-19-14-9-4/h49H,6-44H2,1-5H3. The summed E-state index contributed by atoms with van der Waals surface area (Å²) < 4.78 is 0. The van der Waals surface area contributed by atoms with E-state index in [-0.39, 0.29) is 11.8 Å². The minimum absolute atomic E-state index is 0.137. The Hall–Kier alpha value is -0.900. The van der Waals surface area contributed by atoms with Crippen LogP contribution in [0.1, 0.15) is 279 Å². The van der Waals surface area contributed by atoms with Crippen LogP contribution < -0.4 is 5.32 Å². The van der Waals surface area contributed by atoms with E-state index in [1.54, 1.807) is 0 Å². The summed E-state index contributed by atoms with van der Waals surface area (Å²) in [5.74, 6) is 0.274. The number of unbranched alkanes of at least 4 members (excludes halogenated alkanes) is 29. The summed E-state index contributed by atoms with van der Waals surface area (Å²) in [5.41, 5.74) is -1.18. The predicted molar refractivity (Wildman–Crippen MR) is 229 cm³/mol. The van der Waals surface area contributed by atoms with Crippen LogP contribution in [0.25, 0.3) is 0 Å². The van der Waals surface area contributed by atoms with Gasteiger partial charge < -0.3 is 0 Å². The second-order valence-corrected chi connectivity index (χ2v) is 17.3. The molecule has 2 amide bonds. The monoisotopic (exact) mass is 731 g/mol. The third-order valence-corrected chi connectivity index (χ3v) is 12.4. The van der Waals surface area contributed by atoms with Crippen molar-refractivity contribution in [1.82, 2.24) is 10.2 Å². The fraction of sp³-hybridized carbons (Fsp3) is 0.958. The zero-order chi connectivity index (χ0) is 38.0. The molecule has 0 radical (unpaired) electrons. The third-order valence-electron chi connectivity index (χ3n) is 12.4. The highest BCUT2D eigenvalue weighted by molar-refractivity contribution is 6.06. The minimum atomic E-state index is -0.592. The summed E-state index contributed by atoms with van der Waals surface area (Å²) in [4.78, 5) is 31.7. The first kappa shape index (κ1) is 49.1. The average molecular weight is 731 g/mol. The van der Waals surface area contributed by atoms with Crippen molar-refractivity contribution in [3.8, 4) is 0 Å². The largest absolute Gasteiger partial charge is 0.290 e. The van der Waals surface area contributed by atoms with Crippen molar-refractivity contribution in [2.24, 2.45) is 0 Å². The Morgan fingerprint density at radius 3 is 0.788 bits per heavy atom. The fourth-order valence-corrected chi connectivity index (χ4v) is 8.89. The second kappa shape index (κ2) is 33.4. The van der Waals surface area contributed by atoms with E-state index < -0.39 is 11.1 Å². The molecule has 0 aliphatic carbocycles. The van der Waals surface area contributed by atoms with Crippen molar-refractivity contribution in [2.75, 3.05) is 6.54 Å². The fourth-order valence-electron chi connectivity index (χ4n) is 8.89. The Kier molecular flexibility index (Phi) is 31.6. The lowest BCUT2D eigenvalue weighted by molar-refractivity contribution is -0.163. The molecule has 1 heterocycles. The number of nitrogens with one attached hydrogen (secondary N) is 1. The Bertz CT molecular complexity index is 731. The highest BCUT2D eigenvalue weighted by Crippen LogP contribution is 2.38. The van der Waals surface area contributed by atoms with Crippen LogP contribution in [-0.4, -0.2) is 34.3 Å². The van der Waals surface area contributed by atoms with Crippen LogP contribution in [0.15, 0.2) is 0 Å². The van der Waals surface area contributed by atoms with E-state index in [2.05, 4.69) is 39.9 Å². The molecule has 0 aromatic carbocycles. The number of rotatable bonds is 39. The van der Waals surface area contributed by atoms with Crippen molar-refractivity contribution < 1.29 is 9.59 Å². The van der Waals surface area contributed by atoms with E-state index >= 15 is 0 Å². The Morgan fingerprint density at radius 1 is 0.327 bits per heavy atom. The Labute approximate surface area is 327 Å². The molecule has 0 spiro atoms. The van der Waals surface area contributed by atoms with Crippen LogP contribution in [0.2, 0.25) is 0 Å². The van der Waals surface area contributed by atoms with Crippen LogP contribution in [0.3, 0.4) is 0 Å². The summed E-state index contributed by atoms with van der Waals surface area (Å²) in [6, 6.07) is 0. The Balaban J connectivity index is 3.34. The van der Waals surface area contributed by atoms with Gasteiger partial charge in [-0.1, -0.05) is 247 Å². The molecule has 4 nitrogen and oxygen atoms in total. The molecule has 1 saturated heterocycles. The van der Waals surface area contributed by atoms with Crippen molar-refractivity contribution in [3.05, 3.63) is 0 Å². The third kappa shape index (κ3) is 21.3. The molecule has 4 heteroatoms. The van der Waals surface area contributed by atoms with Gasteiger partial charge in [0.15, 0.2) is 0 Å². The van der Waals surface area contributed by atoms with Gasteiger partial charge in [0.25, 0.3) is 0 Å². The van der Waals surface area contributed by atoms with Gasteiger partial charge in [0, 0.05) is 6.54 Å². The maximum Gasteiger partial charge on any atom is 0.249 e. The number of carbonyl (C=O) groups is 2. The molecule has 52 heavy (non-hydrogen) atoms. The molecule has 1 rings (SSSR count). The average Bonchev–Trinajstić information content (AvgIpc) is 3.15. The lowest BCUT2D eigenvalue weighted by Crippen LogP contribution is -2.76. The van der Waals surface area contributed by atoms with Crippen molar-refractivity contribution >= 4 is 11.8 Å². The van der Waals surface area contributed by atoms with E-state index in [1.165, 1.54) is 180 Å². The van der Waals surface area contributed by atoms with Gasteiger partial charge in [-0.3, -0.25) is 19.8 Å². The van der Waals surface area contributed by atoms with Crippen LogP contribution in [0.5, 0.6) is 0 Å². The van der Waals surface area contributed by atoms with Gasteiger partial charge in [0.05, 0.1) is 11.1 Å². The number of hydrogen-bond donors (Lipinski definition) is 1. The first-order valence-corrected chi connectivity index (χ1v) is 24.1. The maximum absolute atomic E-state index is 14.9. The quantitative estimate of drug-likeness (QED) is 0.0506. The predicted octanol–water partition coefficient (Wildman–Crippen LogP) is 15.3.